The van der Waals surface area contributed by atoms with Gasteiger partial charge in [0.2, 0.25) is 0 Å². The van der Waals surface area contributed by atoms with Crippen LogP contribution in [0.15, 0.2) is 15.9 Å². The van der Waals surface area contributed by atoms with E-state index in [4.69, 9.17) is 9.47 Å². The van der Waals surface area contributed by atoms with Gasteiger partial charge in [-0.1, -0.05) is 0 Å². The van der Waals surface area contributed by atoms with Gasteiger partial charge in [-0.25, -0.2) is 0 Å². The lowest BCUT2D eigenvalue weighted by atomic mass is 10.3. The average molecular weight is 306 g/mol. The van der Waals surface area contributed by atoms with Crippen molar-refractivity contribution in [3.05, 3.63) is 20.8 Å². The van der Waals surface area contributed by atoms with Crippen LogP contribution in [0.25, 0.3) is 0 Å². The van der Waals surface area contributed by atoms with E-state index in [9.17, 15) is 0 Å². The maximum absolute atomic E-state index is 5.42. The number of nitrogens with zero attached hydrogens (tertiary/aromatic N) is 1. The number of ether oxygens (including phenoxy) is 2. The summed E-state index contributed by atoms with van der Waals surface area (Å²) in [7, 11) is 3.50. The van der Waals surface area contributed by atoms with Crippen molar-refractivity contribution in [1.82, 2.24) is 4.90 Å². The minimum Gasteiger partial charge on any atom is -0.377 e. The summed E-state index contributed by atoms with van der Waals surface area (Å²) in [5, 5.41) is 0. The molecule has 0 N–H and O–H groups in total. The zero-order chi connectivity index (χ0) is 11.5. The fourth-order valence-corrected chi connectivity index (χ4v) is 3.58. The predicted octanol–water partition coefficient (Wildman–Crippen LogP) is 2.36. The standard InChI is InChI=1S/C11H16BrNO2S/c1-14-9-6-13(7-10(9)15-2)5-8-3-4-11(12)16-8/h3-4,9-10H,5-7H2,1-2H3. The van der Waals surface area contributed by atoms with Crippen molar-refractivity contribution in [2.45, 2.75) is 18.8 Å². The largest absolute Gasteiger partial charge is 0.377 e. The van der Waals surface area contributed by atoms with E-state index in [2.05, 4.69) is 33.0 Å². The minimum absolute atomic E-state index is 0.202. The zero-order valence-electron chi connectivity index (χ0n) is 9.48. The van der Waals surface area contributed by atoms with E-state index < -0.39 is 0 Å². The molecule has 2 atom stereocenters. The Bertz CT molecular complexity index is 332. The summed E-state index contributed by atoms with van der Waals surface area (Å²) in [6.45, 7) is 2.88. The summed E-state index contributed by atoms with van der Waals surface area (Å²) in [5.74, 6) is 0. The molecular formula is C11H16BrNO2S. The summed E-state index contributed by atoms with van der Waals surface area (Å²) >= 11 is 5.27. The monoisotopic (exact) mass is 305 g/mol. The number of methoxy groups -OCH3 is 2. The number of hydrogen-bond acceptors (Lipinski definition) is 4. The Labute approximate surface area is 108 Å². The molecule has 2 unspecified atom stereocenters. The molecule has 0 bridgehead atoms. The molecule has 1 aliphatic rings. The van der Waals surface area contributed by atoms with Gasteiger partial charge in [0.05, 0.1) is 16.0 Å². The second kappa shape index (κ2) is 5.60. The van der Waals surface area contributed by atoms with Crippen LogP contribution in [-0.2, 0) is 16.0 Å². The van der Waals surface area contributed by atoms with Gasteiger partial charge in [0.25, 0.3) is 0 Å². The molecule has 0 spiro atoms. The van der Waals surface area contributed by atoms with Crippen LogP contribution >= 0.6 is 27.3 Å². The van der Waals surface area contributed by atoms with Crippen LogP contribution in [-0.4, -0.2) is 44.4 Å². The molecular weight excluding hydrogens is 290 g/mol. The molecule has 1 aromatic rings. The van der Waals surface area contributed by atoms with Crippen molar-refractivity contribution in [2.75, 3.05) is 27.3 Å². The van der Waals surface area contributed by atoms with Gasteiger partial charge in [0.15, 0.2) is 0 Å². The second-order valence-corrected chi connectivity index (χ2v) is 6.50. The molecule has 0 aliphatic carbocycles. The molecule has 2 heterocycles. The molecule has 0 saturated carbocycles. The highest BCUT2D eigenvalue weighted by Crippen LogP contribution is 2.25. The normalized spacial score (nSPS) is 26.4. The van der Waals surface area contributed by atoms with Crippen molar-refractivity contribution >= 4 is 27.3 Å². The Morgan fingerprint density at radius 3 is 2.38 bits per heavy atom. The highest BCUT2D eigenvalue weighted by Gasteiger charge is 2.32. The van der Waals surface area contributed by atoms with Crippen molar-refractivity contribution < 1.29 is 9.47 Å². The molecule has 5 heteroatoms. The highest BCUT2D eigenvalue weighted by atomic mass is 79.9. The maximum Gasteiger partial charge on any atom is 0.0971 e. The van der Waals surface area contributed by atoms with Crippen LogP contribution in [0.5, 0.6) is 0 Å². The molecule has 1 aliphatic heterocycles. The van der Waals surface area contributed by atoms with Gasteiger partial charge in [-0.05, 0) is 28.1 Å². The van der Waals surface area contributed by atoms with Crippen molar-refractivity contribution in [3.63, 3.8) is 0 Å². The number of thiophene rings is 1. The Hall–Kier alpha value is 0.0600. The summed E-state index contributed by atoms with van der Waals surface area (Å²) in [5.41, 5.74) is 0. The molecule has 0 amide bonds. The fraction of sp³-hybridized carbons (Fsp3) is 0.636. The summed E-state index contributed by atoms with van der Waals surface area (Å²) in [6.07, 6.45) is 0.404. The first-order chi connectivity index (χ1) is 7.72. The molecule has 0 aromatic carbocycles. The van der Waals surface area contributed by atoms with E-state index in [1.54, 1.807) is 25.6 Å². The van der Waals surface area contributed by atoms with Gasteiger partial charge in [0, 0.05) is 38.7 Å². The number of hydrogen-bond donors (Lipinski definition) is 0. The smallest absolute Gasteiger partial charge is 0.0971 e. The third-order valence-electron chi connectivity index (χ3n) is 2.90. The Balaban J connectivity index is 1.92. The van der Waals surface area contributed by atoms with E-state index >= 15 is 0 Å². The molecule has 1 fully saturated rings. The minimum atomic E-state index is 0.202. The maximum atomic E-state index is 5.42. The third-order valence-corrected chi connectivity index (χ3v) is 4.51. The van der Waals surface area contributed by atoms with Crippen LogP contribution in [0.4, 0.5) is 0 Å². The van der Waals surface area contributed by atoms with Crippen LogP contribution in [0, 0.1) is 0 Å². The first kappa shape index (κ1) is 12.5. The molecule has 2 rings (SSSR count). The number of likely N-dealkylation sites (tertiary alicyclic amines) is 1. The number of halogens is 1. The van der Waals surface area contributed by atoms with E-state index in [0.717, 1.165) is 19.6 Å². The summed E-state index contributed by atoms with van der Waals surface area (Å²) < 4.78 is 12.0. The van der Waals surface area contributed by atoms with Gasteiger partial charge in [-0.2, -0.15) is 0 Å². The predicted molar refractivity (Wildman–Crippen MR) is 68.9 cm³/mol. The van der Waals surface area contributed by atoms with Gasteiger partial charge in [-0.3, -0.25) is 4.90 Å². The lowest BCUT2D eigenvalue weighted by Crippen LogP contribution is -2.27. The summed E-state index contributed by atoms with van der Waals surface area (Å²) in [6, 6.07) is 4.26. The Kier molecular flexibility index (Phi) is 4.38. The van der Waals surface area contributed by atoms with Crippen LogP contribution in [0.1, 0.15) is 4.88 Å². The lowest BCUT2D eigenvalue weighted by Gasteiger charge is -2.13. The first-order valence-corrected chi connectivity index (χ1v) is 6.86. The van der Waals surface area contributed by atoms with E-state index in [1.807, 2.05) is 0 Å². The van der Waals surface area contributed by atoms with Gasteiger partial charge in [0.1, 0.15) is 0 Å². The molecule has 1 aromatic heterocycles. The van der Waals surface area contributed by atoms with Crippen molar-refractivity contribution in [3.8, 4) is 0 Å². The van der Waals surface area contributed by atoms with Crippen molar-refractivity contribution in [2.24, 2.45) is 0 Å². The molecule has 3 nitrogen and oxygen atoms in total. The van der Waals surface area contributed by atoms with E-state index in [-0.39, 0.29) is 12.2 Å². The Morgan fingerprint density at radius 2 is 1.94 bits per heavy atom. The zero-order valence-corrected chi connectivity index (χ0v) is 11.9. The average Bonchev–Trinajstić information content (AvgIpc) is 2.85. The quantitative estimate of drug-likeness (QED) is 0.852. The summed E-state index contributed by atoms with van der Waals surface area (Å²) in [4.78, 5) is 3.75. The number of rotatable bonds is 4. The van der Waals surface area contributed by atoms with Crippen LogP contribution < -0.4 is 0 Å². The van der Waals surface area contributed by atoms with Crippen LogP contribution in [0.3, 0.4) is 0 Å². The molecule has 1 saturated heterocycles. The van der Waals surface area contributed by atoms with E-state index in [0.29, 0.717) is 0 Å². The first-order valence-electron chi connectivity index (χ1n) is 5.25. The van der Waals surface area contributed by atoms with Gasteiger partial charge >= 0.3 is 0 Å². The fourth-order valence-electron chi connectivity index (χ4n) is 2.06. The molecule has 16 heavy (non-hydrogen) atoms. The molecule has 90 valence electrons. The Morgan fingerprint density at radius 1 is 1.31 bits per heavy atom. The highest BCUT2D eigenvalue weighted by molar-refractivity contribution is 9.11. The van der Waals surface area contributed by atoms with E-state index in [1.165, 1.54) is 8.66 Å². The van der Waals surface area contributed by atoms with Gasteiger partial charge < -0.3 is 9.47 Å². The van der Waals surface area contributed by atoms with Crippen LogP contribution in [0.2, 0.25) is 0 Å². The molecule has 0 radical (unpaired) electrons. The third kappa shape index (κ3) is 2.84. The van der Waals surface area contributed by atoms with Gasteiger partial charge in [-0.15, -0.1) is 11.3 Å². The SMILES string of the molecule is COC1CN(Cc2ccc(Br)s2)CC1OC. The lowest BCUT2D eigenvalue weighted by molar-refractivity contribution is -0.00461. The topological polar surface area (TPSA) is 21.7 Å². The second-order valence-electron chi connectivity index (χ2n) is 3.95. The van der Waals surface area contributed by atoms with Crippen molar-refractivity contribution in [1.29, 1.82) is 0 Å².